The second kappa shape index (κ2) is 9.65. The average Bonchev–Trinajstić information content (AvgIpc) is 3.29. The summed E-state index contributed by atoms with van der Waals surface area (Å²) in [6.07, 6.45) is 7.52. The monoisotopic (exact) mass is 455 g/mol. The Hall–Kier alpha value is -3.71. The minimum atomic E-state index is -0.291. The van der Waals surface area contributed by atoms with Gasteiger partial charge in [0.05, 0.1) is 12.2 Å². The first kappa shape index (κ1) is 22.1. The highest BCUT2D eigenvalue weighted by molar-refractivity contribution is 5.99. The van der Waals surface area contributed by atoms with Crippen LogP contribution in [0.25, 0.3) is 10.8 Å². The fourth-order valence-corrected chi connectivity index (χ4v) is 4.33. The Labute approximate surface area is 199 Å². The van der Waals surface area contributed by atoms with E-state index in [0.29, 0.717) is 11.6 Å². The molecule has 0 unspecified atom stereocenters. The van der Waals surface area contributed by atoms with Gasteiger partial charge in [0, 0.05) is 55.2 Å². The van der Waals surface area contributed by atoms with Crippen molar-refractivity contribution >= 4 is 22.5 Å². The molecule has 1 amide bonds. The van der Waals surface area contributed by atoms with E-state index in [9.17, 15) is 4.79 Å². The Morgan fingerprint density at radius 2 is 1.82 bits per heavy atom. The van der Waals surface area contributed by atoms with Gasteiger partial charge in [-0.25, -0.2) is 4.98 Å². The zero-order valence-corrected chi connectivity index (χ0v) is 19.5. The van der Waals surface area contributed by atoms with Crippen LogP contribution in [0.5, 0.6) is 0 Å². The molecule has 0 bridgehead atoms. The van der Waals surface area contributed by atoms with Crippen LogP contribution < -0.4 is 10.6 Å². The Morgan fingerprint density at radius 3 is 2.56 bits per heavy atom. The largest absolute Gasteiger partial charge is 0.381 e. The highest BCUT2D eigenvalue weighted by atomic mass is 16.5. The van der Waals surface area contributed by atoms with E-state index < -0.39 is 0 Å². The number of carbonyl (C=O) groups is 1. The van der Waals surface area contributed by atoms with E-state index in [1.807, 2.05) is 55.8 Å². The van der Waals surface area contributed by atoms with Gasteiger partial charge in [0.25, 0.3) is 5.91 Å². The predicted octanol–water partition coefficient (Wildman–Crippen LogP) is 4.39. The topological polar surface area (TPSA) is 81.1 Å². The van der Waals surface area contributed by atoms with E-state index in [1.54, 1.807) is 10.9 Å². The van der Waals surface area contributed by atoms with E-state index in [-0.39, 0.29) is 11.9 Å². The minimum absolute atomic E-state index is 0.132. The van der Waals surface area contributed by atoms with Gasteiger partial charge in [-0.15, -0.1) is 0 Å². The molecule has 0 saturated carbocycles. The number of pyridine rings is 1. The molecule has 0 aliphatic carbocycles. The lowest BCUT2D eigenvalue weighted by Gasteiger charge is -2.23. The number of carbonyl (C=O) groups excluding carboxylic acids is 1. The number of aryl methyl sites for hydroxylation is 2. The highest BCUT2D eigenvalue weighted by Gasteiger charge is 2.20. The summed E-state index contributed by atoms with van der Waals surface area (Å²) in [5.74, 6) is 0.692. The third kappa shape index (κ3) is 4.94. The lowest BCUT2D eigenvalue weighted by molar-refractivity contribution is 0.0903. The van der Waals surface area contributed by atoms with E-state index in [4.69, 9.17) is 4.74 Å². The molecule has 34 heavy (non-hydrogen) atoms. The maximum absolute atomic E-state index is 13.3. The molecule has 1 aliphatic heterocycles. The number of rotatable bonds is 6. The lowest BCUT2D eigenvalue weighted by atomic mass is 9.99. The summed E-state index contributed by atoms with van der Waals surface area (Å²) in [7, 11) is 1.88. The van der Waals surface area contributed by atoms with E-state index in [1.165, 1.54) is 5.56 Å². The number of nitrogens with zero attached hydrogens (tertiary/aromatic N) is 3. The van der Waals surface area contributed by atoms with Crippen LogP contribution in [-0.2, 0) is 11.8 Å². The normalized spacial score (nSPS) is 15.2. The van der Waals surface area contributed by atoms with Crippen molar-refractivity contribution in [2.45, 2.75) is 31.8 Å². The summed E-state index contributed by atoms with van der Waals surface area (Å²) in [6.45, 7) is 3.60. The summed E-state index contributed by atoms with van der Waals surface area (Å²) in [5.41, 5.74) is 3.73. The molecule has 3 heterocycles. The number of anilines is 1. The zero-order chi connectivity index (χ0) is 23.5. The maximum atomic E-state index is 13.3. The molecule has 0 spiro atoms. The smallest absolute Gasteiger partial charge is 0.252 e. The summed E-state index contributed by atoms with van der Waals surface area (Å²) in [6, 6.07) is 16.0. The zero-order valence-electron chi connectivity index (χ0n) is 19.5. The second-order valence-corrected chi connectivity index (χ2v) is 8.93. The van der Waals surface area contributed by atoms with Crippen molar-refractivity contribution in [1.29, 1.82) is 0 Å². The third-order valence-corrected chi connectivity index (χ3v) is 6.30. The molecule has 2 N–H and O–H groups in total. The first-order valence-electron chi connectivity index (χ1n) is 11.7. The standard InChI is InChI=1S/C27H29N5O2/c1-18-3-5-19(6-4-18)26(23-16-29-32(2)17-23)31-27(33)20-7-8-21-15-28-25(14-22(21)13-20)30-24-9-11-34-12-10-24/h3-8,13-17,24,26H,9-12H2,1-2H3,(H,28,30)(H,31,33)/t26-/m0/s1. The summed E-state index contributed by atoms with van der Waals surface area (Å²) in [5, 5.41) is 13.0. The number of hydrogen-bond acceptors (Lipinski definition) is 5. The lowest BCUT2D eigenvalue weighted by Crippen LogP contribution is -2.29. The van der Waals surface area contributed by atoms with Crippen LogP contribution in [0, 0.1) is 6.92 Å². The molecule has 0 radical (unpaired) electrons. The van der Waals surface area contributed by atoms with Crippen molar-refractivity contribution in [2.75, 3.05) is 18.5 Å². The number of hydrogen-bond donors (Lipinski definition) is 2. The van der Waals surface area contributed by atoms with Crippen molar-refractivity contribution in [3.05, 3.63) is 89.4 Å². The first-order valence-corrected chi connectivity index (χ1v) is 11.7. The van der Waals surface area contributed by atoms with Crippen LogP contribution in [0.15, 0.2) is 67.1 Å². The van der Waals surface area contributed by atoms with Crippen LogP contribution in [0.1, 0.15) is 45.9 Å². The van der Waals surface area contributed by atoms with Gasteiger partial charge in [0.1, 0.15) is 5.82 Å². The van der Waals surface area contributed by atoms with Gasteiger partial charge < -0.3 is 15.4 Å². The fraction of sp³-hybridized carbons (Fsp3) is 0.296. The van der Waals surface area contributed by atoms with Gasteiger partial charge in [-0.3, -0.25) is 9.48 Å². The van der Waals surface area contributed by atoms with Crippen LogP contribution in [0.3, 0.4) is 0 Å². The van der Waals surface area contributed by atoms with Gasteiger partial charge >= 0.3 is 0 Å². The quantitative estimate of drug-likeness (QED) is 0.451. The highest BCUT2D eigenvalue weighted by Crippen LogP contribution is 2.24. The number of ether oxygens (including phenoxy) is 1. The predicted molar refractivity (Wildman–Crippen MR) is 133 cm³/mol. The summed E-state index contributed by atoms with van der Waals surface area (Å²) < 4.78 is 7.19. The van der Waals surface area contributed by atoms with Gasteiger partial charge in [-0.1, -0.05) is 35.9 Å². The van der Waals surface area contributed by atoms with E-state index in [0.717, 1.165) is 53.8 Å². The maximum Gasteiger partial charge on any atom is 0.252 e. The molecule has 2 aromatic carbocycles. The fourth-order valence-electron chi connectivity index (χ4n) is 4.33. The van der Waals surface area contributed by atoms with Gasteiger partial charge in [-0.05, 0) is 48.9 Å². The van der Waals surface area contributed by atoms with Crippen LogP contribution in [0.4, 0.5) is 5.82 Å². The molecule has 1 saturated heterocycles. The number of fused-ring (bicyclic) bond motifs is 1. The molecular formula is C27H29N5O2. The number of amides is 1. The van der Waals surface area contributed by atoms with Crippen molar-refractivity contribution in [3.8, 4) is 0 Å². The van der Waals surface area contributed by atoms with Crippen molar-refractivity contribution in [3.63, 3.8) is 0 Å². The number of nitrogens with one attached hydrogen (secondary N) is 2. The van der Waals surface area contributed by atoms with Crippen LogP contribution >= 0.6 is 0 Å². The molecule has 7 heteroatoms. The third-order valence-electron chi connectivity index (χ3n) is 6.30. The minimum Gasteiger partial charge on any atom is -0.381 e. The molecule has 1 aliphatic rings. The molecule has 1 fully saturated rings. The first-order chi connectivity index (χ1) is 16.5. The van der Waals surface area contributed by atoms with Crippen LogP contribution in [0.2, 0.25) is 0 Å². The van der Waals surface area contributed by atoms with Gasteiger partial charge in [0.2, 0.25) is 0 Å². The molecule has 7 nitrogen and oxygen atoms in total. The number of benzene rings is 2. The molecule has 174 valence electrons. The molecule has 1 atom stereocenters. The summed E-state index contributed by atoms with van der Waals surface area (Å²) >= 11 is 0. The van der Waals surface area contributed by atoms with Crippen LogP contribution in [-0.4, -0.2) is 39.9 Å². The second-order valence-electron chi connectivity index (χ2n) is 8.93. The molecule has 4 aromatic rings. The SMILES string of the molecule is Cc1ccc([C@H](NC(=O)c2ccc3cnc(NC4CCOCC4)cc3c2)c2cnn(C)c2)cc1. The molecule has 2 aromatic heterocycles. The molecular weight excluding hydrogens is 426 g/mol. The summed E-state index contributed by atoms with van der Waals surface area (Å²) in [4.78, 5) is 17.9. The average molecular weight is 456 g/mol. The Morgan fingerprint density at radius 1 is 1.03 bits per heavy atom. The van der Waals surface area contributed by atoms with Gasteiger partial charge in [0.15, 0.2) is 0 Å². The van der Waals surface area contributed by atoms with E-state index >= 15 is 0 Å². The Kier molecular flexibility index (Phi) is 6.27. The van der Waals surface area contributed by atoms with Crippen molar-refractivity contribution < 1.29 is 9.53 Å². The Balaban J connectivity index is 1.39. The van der Waals surface area contributed by atoms with Gasteiger partial charge in [-0.2, -0.15) is 5.10 Å². The van der Waals surface area contributed by atoms with Crippen molar-refractivity contribution in [1.82, 2.24) is 20.1 Å². The molecule has 5 rings (SSSR count). The Bertz CT molecular complexity index is 1290. The van der Waals surface area contributed by atoms with E-state index in [2.05, 4.69) is 39.8 Å². The number of aromatic nitrogens is 3. The van der Waals surface area contributed by atoms with Crippen molar-refractivity contribution in [2.24, 2.45) is 7.05 Å².